The lowest BCUT2D eigenvalue weighted by Crippen LogP contribution is -2.18. The van der Waals surface area contributed by atoms with E-state index in [2.05, 4.69) is 17.6 Å². The molecule has 0 spiro atoms. The molecule has 178 valence electrons. The van der Waals surface area contributed by atoms with Gasteiger partial charge in [0.2, 0.25) is 0 Å². The van der Waals surface area contributed by atoms with Gasteiger partial charge in [-0.2, -0.15) is 0 Å². The zero-order valence-electron chi connectivity index (χ0n) is 19.7. The first-order chi connectivity index (χ1) is 16.2. The summed E-state index contributed by atoms with van der Waals surface area (Å²) in [6.07, 6.45) is 2.58. The van der Waals surface area contributed by atoms with Gasteiger partial charge in [0.25, 0.3) is 11.8 Å². The van der Waals surface area contributed by atoms with Crippen molar-refractivity contribution in [3.63, 3.8) is 0 Å². The van der Waals surface area contributed by atoms with Crippen molar-refractivity contribution in [1.82, 2.24) is 0 Å². The number of para-hydroxylation sites is 1. The average Bonchev–Trinajstić information content (AvgIpc) is 3.34. The number of thiophene rings is 2. The number of hydrogen-bond donors (Lipinski definition) is 2. The van der Waals surface area contributed by atoms with E-state index < -0.39 is 5.97 Å². The minimum atomic E-state index is -0.556. The molecular weight excluding hydrogens is 468 g/mol. The highest BCUT2D eigenvalue weighted by Crippen LogP contribution is 2.37. The van der Waals surface area contributed by atoms with E-state index >= 15 is 0 Å². The minimum Gasteiger partial charge on any atom is -0.459 e. The second-order valence-electron chi connectivity index (χ2n) is 8.89. The smallest absolute Gasteiger partial charge is 0.341 e. The van der Waals surface area contributed by atoms with Crippen LogP contribution in [0.2, 0.25) is 0 Å². The molecule has 2 N–H and O–H groups in total. The van der Waals surface area contributed by atoms with Gasteiger partial charge in [-0.1, -0.05) is 25.1 Å². The van der Waals surface area contributed by atoms with Gasteiger partial charge in [-0.25, -0.2) is 4.79 Å². The topological polar surface area (TPSA) is 84.5 Å². The molecule has 0 saturated heterocycles. The second-order valence-corrected chi connectivity index (χ2v) is 10.9. The van der Waals surface area contributed by atoms with E-state index in [1.165, 1.54) is 4.88 Å². The average molecular weight is 497 g/mol. The fourth-order valence-electron chi connectivity index (χ4n) is 4.08. The summed E-state index contributed by atoms with van der Waals surface area (Å²) in [6, 6.07) is 9.10. The van der Waals surface area contributed by atoms with Crippen LogP contribution < -0.4 is 10.6 Å². The Morgan fingerprint density at radius 1 is 1.09 bits per heavy atom. The highest BCUT2D eigenvalue weighted by Gasteiger charge is 2.29. The molecule has 0 bridgehead atoms. The summed E-state index contributed by atoms with van der Waals surface area (Å²) in [5, 5.41) is 7.99. The van der Waals surface area contributed by atoms with Crippen LogP contribution in [-0.4, -0.2) is 23.9 Å². The van der Waals surface area contributed by atoms with Gasteiger partial charge >= 0.3 is 5.97 Å². The lowest BCUT2D eigenvalue weighted by Gasteiger charge is -2.18. The number of nitrogens with one attached hydrogen (secondary N) is 2. The molecular formula is C26H28N2O4S2. The Morgan fingerprint density at radius 2 is 1.82 bits per heavy atom. The number of anilines is 2. The van der Waals surface area contributed by atoms with Crippen molar-refractivity contribution in [2.24, 2.45) is 5.92 Å². The van der Waals surface area contributed by atoms with Crippen LogP contribution in [0.15, 0.2) is 35.7 Å². The molecule has 0 saturated carbocycles. The number of benzene rings is 1. The molecule has 8 heteroatoms. The molecule has 0 aliphatic heterocycles. The zero-order chi connectivity index (χ0) is 24.4. The third-order valence-electron chi connectivity index (χ3n) is 5.80. The van der Waals surface area contributed by atoms with E-state index in [1.807, 2.05) is 23.6 Å². The summed E-state index contributed by atoms with van der Waals surface area (Å²) >= 11 is 2.71. The summed E-state index contributed by atoms with van der Waals surface area (Å²) in [5.74, 6) is -0.541. The number of fused-ring (bicyclic) bond motifs is 1. The highest BCUT2D eigenvalue weighted by atomic mass is 32.1. The summed E-state index contributed by atoms with van der Waals surface area (Å²) in [7, 11) is 0. The molecule has 1 aromatic carbocycles. The highest BCUT2D eigenvalue weighted by molar-refractivity contribution is 7.19. The molecule has 3 aromatic rings. The van der Waals surface area contributed by atoms with E-state index in [0.717, 1.165) is 36.2 Å². The Labute approximate surface area is 207 Å². The monoisotopic (exact) mass is 496 g/mol. The van der Waals surface area contributed by atoms with Crippen molar-refractivity contribution in [3.05, 3.63) is 67.7 Å². The third-order valence-corrected chi connectivity index (χ3v) is 8.06. The molecule has 2 aromatic heterocycles. The van der Waals surface area contributed by atoms with Gasteiger partial charge < -0.3 is 15.4 Å². The molecule has 6 nitrogen and oxygen atoms in total. The summed E-state index contributed by atoms with van der Waals surface area (Å²) in [4.78, 5) is 40.8. The molecule has 4 rings (SSSR count). The number of ether oxygens (including phenoxy) is 1. The predicted molar refractivity (Wildman–Crippen MR) is 137 cm³/mol. The number of hydrogen-bond acceptors (Lipinski definition) is 6. The van der Waals surface area contributed by atoms with Crippen molar-refractivity contribution in [2.75, 3.05) is 10.6 Å². The fourth-order valence-corrected chi connectivity index (χ4v) is 6.41. The number of esters is 1. The first kappa shape index (κ1) is 24.2. The first-order valence-corrected chi connectivity index (χ1v) is 13.1. The van der Waals surface area contributed by atoms with Crippen LogP contribution in [0.5, 0.6) is 0 Å². The molecule has 1 unspecified atom stereocenters. The Hall–Kier alpha value is -2.97. The normalized spacial score (nSPS) is 15.0. The lowest BCUT2D eigenvalue weighted by molar-refractivity contribution is 0.0379. The number of carbonyl (C=O) groups is 3. The maximum atomic E-state index is 13.3. The molecule has 1 atom stereocenters. The zero-order valence-corrected chi connectivity index (χ0v) is 21.3. The van der Waals surface area contributed by atoms with E-state index in [1.54, 1.807) is 44.2 Å². The van der Waals surface area contributed by atoms with Gasteiger partial charge in [0, 0.05) is 15.9 Å². The summed E-state index contributed by atoms with van der Waals surface area (Å²) in [5.41, 5.74) is 3.11. The maximum Gasteiger partial charge on any atom is 0.341 e. The van der Waals surface area contributed by atoms with Gasteiger partial charge in [-0.15, -0.1) is 22.7 Å². The van der Waals surface area contributed by atoms with Crippen molar-refractivity contribution < 1.29 is 19.1 Å². The standard InChI is InChI=1S/C26H28N2O4S2/c1-14(2)32-26(31)21-16(4)22(24(30)27-17-8-6-5-7-9-17)34-25(21)28-23(29)19-13-33-20-12-15(3)10-11-18(19)20/h5-9,13-15H,10-12H2,1-4H3,(H,27,30)(H,28,29). The Kier molecular flexibility index (Phi) is 7.19. The Morgan fingerprint density at radius 3 is 2.53 bits per heavy atom. The Balaban J connectivity index is 1.65. The summed E-state index contributed by atoms with van der Waals surface area (Å²) < 4.78 is 5.43. The maximum absolute atomic E-state index is 13.3. The molecule has 2 amide bonds. The lowest BCUT2D eigenvalue weighted by atomic mass is 9.88. The van der Waals surface area contributed by atoms with Crippen molar-refractivity contribution in [1.29, 1.82) is 0 Å². The minimum absolute atomic E-state index is 0.225. The van der Waals surface area contributed by atoms with Crippen LogP contribution in [-0.2, 0) is 17.6 Å². The van der Waals surface area contributed by atoms with Crippen molar-refractivity contribution in [3.8, 4) is 0 Å². The van der Waals surface area contributed by atoms with Crippen molar-refractivity contribution in [2.45, 2.75) is 53.1 Å². The van der Waals surface area contributed by atoms with Crippen LogP contribution in [0.4, 0.5) is 10.7 Å². The van der Waals surface area contributed by atoms with Crippen LogP contribution >= 0.6 is 22.7 Å². The van der Waals surface area contributed by atoms with Crippen LogP contribution in [0, 0.1) is 12.8 Å². The van der Waals surface area contributed by atoms with Gasteiger partial charge in [0.15, 0.2) is 0 Å². The predicted octanol–water partition coefficient (Wildman–Crippen LogP) is 6.31. The van der Waals surface area contributed by atoms with Gasteiger partial charge in [-0.3, -0.25) is 9.59 Å². The van der Waals surface area contributed by atoms with E-state index in [0.29, 0.717) is 32.6 Å². The van der Waals surface area contributed by atoms with E-state index in [4.69, 9.17) is 4.74 Å². The molecule has 34 heavy (non-hydrogen) atoms. The van der Waals surface area contributed by atoms with Crippen molar-refractivity contribution >= 4 is 51.1 Å². The van der Waals surface area contributed by atoms with Crippen LogP contribution in [0.3, 0.4) is 0 Å². The number of carbonyl (C=O) groups excluding carboxylic acids is 3. The van der Waals surface area contributed by atoms with Gasteiger partial charge in [-0.05, 0) is 69.2 Å². The van der Waals surface area contributed by atoms with E-state index in [9.17, 15) is 14.4 Å². The second kappa shape index (κ2) is 10.1. The largest absolute Gasteiger partial charge is 0.459 e. The number of amides is 2. The Bertz CT molecular complexity index is 1230. The molecule has 2 heterocycles. The summed E-state index contributed by atoms with van der Waals surface area (Å²) in [6.45, 7) is 7.46. The van der Waals surface area contributed by atoms with Gasteiger partial charge in [0.05, 0.1) is 22.1 Å². The van der Waals surface area contributed by atoms with Crippen LogP contribution in [0.1, 0.15) is 73.6 Å². The van der Waals surface area contributed by atoms with Crippen LogP contribution in [0.25, 0.3) is 0 Å². The SMILES string of the molecule is Cc1c(C(=O)Nc2ccccc2)sc(NC(=O)c2csc3c2CCC(C)C3)c1C(=O)OC(C)C. The molecule has 1 aliphatic carbocycles. The molecule has 0 radical (unpaired) electrons. The quantitative estimate of drug-likeness (QED) is 0.392. The molecule has 0 fully saturated rings. The van der Waals surface area contributed by atoms with Gasteiger partial charge in [0.1, 0.15) is 5.00 Å². The molecule has 1 aliphatic rings. The van der Waals surface area contributed by atoms with E-state index in [-0.39, 0.29) is 23.5 Å². The number of rotatable bonds is 6. The fraction of sp³-hybridized carbons (Fsp3) is 0.346. The third kappa shape index (κ3) is 5.08. The first-order valence-electron chi connectivity index (χ1n) is 11.4.